The number of aromatic carboxylic acids is 1. The van der Waals surface area contributed by atoms with E-state index in [1.54, 1.807) is 36.5 Å². The van der Waals surface area contributed by atoms with Crippen molar-refractivity contribution in [3.05, 3.63) is 124 Å². The first-order valence-corrected chi connectivity index (χ1v) is 11.3. The number of benzene rings is 3. The number of ketones is 1. The molecule has 1 atom stereocenters. The Morgan fingerprint density at radius 1 is 0.853 bits per heavy atom. The molecule has 3 aromatic carbocycles. The van der Waals surface area contributed by atoms with Crippen LogP contribution in [0, 0.1) is 13.8 Å². The molecule has 0 saturated carbocycles. The lowest BCUT2D eigenvalue weighted by atomic mass is 9.83. The number of hydrogen-bond donors (Lipinski definition) is 1. The normalized spacial score (nSPS) is 11.7. The number of carbonyl (C=O) groups is 2. The van der Waals surface area contributed by atoms with Gasteiger partial charge in [0.1, 0.15) is 0 Å². The second-order valence-corrected chi connectivity index (χ2v) is 8.81. The van der Waals surface area contributed by atoms with Gasteiger partial charge in [-0.05, 0) is 78.1 Å². The summed E-state index contributed by atoms with van der Waals surface area (Å²) in [6, 6.07) is 24.2. The predicted octanol–water partition coefficient (Wildman–Crippen LogP) is 7.12. The topological polar surface area (TPSA) is 67.3 Å². The Morgan fingerprint density at radius 2 is 1.50 bits per heavy atom. The van der Waals surface area contributed by atoms with Crippen LogP contribution in [0.5, 0.6) is 0 Å². The highest BCUT2D eigenvalue weighted by Gasteiger charge is 2.21. The number of nitrogens with zero attached hydrogens (tertiary/aromatic N) is 1. The molecule has 0 unspecified atom stereocenters. The highest BCUT2D eigenvalue weighted by Crippen LogP contribution is 2.34. The van der Waals surface area contributed by atoms with E-state index in [1.165, 1.54) is 0 Å². The van der Waals surface area contributed by atoms with Crippen LogP contribution < -0.4 is 0 Å². The van der Waals surface area contributed by atoms with E-state index in [2.05, 4.69) is 4.98 Å². The van der Waals surface area contributed by atoms with Gasteiger partial charge in [0.15, 0.2) is 5.78 Å². The minimum Gasteiger partial charge on any atom is -0.478 e. The first-order valence-electron chi connectivity index (χ1n) is 11.0. The summed E-state index contributed by atoms with van der Waals surface area (Å²) in [6.45, 7) is 3.88. The van der Waals surface area contributed by atoms with E-state index in [1.807, 2.05) is 62.4 Å². The molecular formula is C29H24ClNO3. The van der Waals surface area contributed by atoms with Crippen molar-refractivity contribution < 1.29 is 14.7 Å². The zero-order chi connectivity index (χ0) is 24.2. The lowest BCUT2D eigenvalue weighted by molar-refractivity contribution is 0.0696. The van der Waals surface area contributed by atoms with Gasteiger partial charge in [-0.3, -0.25) is 9.78 Å². The molecule has 0 radical (unpaired) electrons. The Morgan fingerprint density at radius 3 is 2.09 bits per heavy atom. The number of hydrogen-bond acceptors (Lipinski definition) is 3. The standard InChI is InChI=1S/C29H24ClNO3/c1-18-15-25(30)11-12-26(18)27(17-28(32)24-13-14-31-19(2)16-24)22-7-3-20(4-8-22)21-5-9-23(10-6-21)29(33)34/h3-16,27H,17H2,1-2H3,(H,33,34)/t27-/m0/s1. The van der Waals surface area contributed by atoms with Gasteiger partial charge in [0.2, 0.25) is 0 Å². The average molecular weight is 470 g/mol. The third-order valence-corrected chi connectivity index (χ3v) is 6.23. The molecule has 0 aliphatic rings. The van der Waals surface area contributed by atoms with Crippen LogP contribution in [-0.4, -0.2) is 21.8 Å². The van der Waals surface area contributed by atoms with E-state index in [0.29, 0.717) is 17.0 Å². The fraction of sp³-hybridized carbons (Fsp3) is 0.138. The highest BCUT2D eigenvalue weighted by molar-refractivity contribution is 6.30. The van der Waals surface area contributed by atoms with E-state index >= 15 is 0 Å². The average Bonchev–Trinajstić information content (AvgIpc) is 2.83. The fourth-order valence-corrected chi connectivity index (χ4v) is 4.40. The molecule has 5 heteroatoms. The summed E-state index contributed by atoms with van der Waals surface area (Å²) in [5.41, 5.74) is 6.73. The van der Waals surface area contributed by atoms with Gasteiger partial charge in [-0.15, -0.1) is 0 Å². The van der Waals surface area contributed by atoms with E-state index in [-0.39, 0.29) is 17.3 Å². The number of pyridine rings is 1. The zero-order valence-corrected chi connectivity index (χ0v) is 19.7. The molecule has 1 aromatic heterocycles. The van der Waals surface area contributed by atoms with Crippen molar-refractivity contribution in [2.75, 3.05) is 0 Å². The SMILES string of the molecule is Cc1cc(C(=O)C[C@@H](c2ccc(-c3ccc(C(=O)O)cc3)cc2)c2ccc(Cl)cc2C)ccn1. The molecule has 170 valence electrons. The van der Waals surface area contributed by atoms with Gasteiger partial charge in [0.25, 0.3) is 0 Å². The van der Waals surface area contributed by atoms with Gasteiger partial charge in [0, 0.05) is 34.8 Å². The van der Waals surface area contributed by atoms with E-state index in [9.17, 15) is 9.59 Å². The first-order chi connectivity index (χ1) is 16.3. The Labute approximate surface area is 203 Å². The maximum absolute atomic E-state index is 13.2. The van der Waals surface area contributed by atoms with Gasteiger partial charge < -0.3 is 5.11 Å². The molecule has 1 N–H and O–H groups in total. The summed E-state index contributed by atoms with van der Waals surface area (Å²) >= 11 is 6.20. The molecule has 0 spiro atoms. The highest BCUT2D eigenvalue weighted by atomic mass is 35.5. The Bertz CT molecular complexity index is 1340. The van der Waals surface area contributed by atoms with Gasteiger partial charge in [0.05, 0.1) is 5.56 Å². The number of aromatic nitrogens is 1. The number of rotatable bonds is 7. The second-order valence-electron chi connectivity index (χ2n) is 8.37. The minimum absolute atomic E-state index is 0.0539. The Balaban J connectivity index is 1.68. The molecule has 4 nitrogen and oxygen atoms in total. The molecule has 4 rings (SSSR count). The minimum atomic E-state index is -0.947. The van der Waals surface area contributed by atoms with E-state index in [0.717, 1.165) is 33.5 Å². The number of carboxylic acids is 1. The molecule has 0 aliphatic heterocycles. The molecular weight excluding hydrogens is 446 g/mol. The number of carboxylic acid groups (broad SMARTS) is 1. The second kappa shape index (κ2) is 10.0. The Kier molecular flexibility index (Phi) is 6.90. The lowest BCUT2D eigenvalue weighted by Crippen LogP contribution is -2.11. The summed E-state index contributed by atoms with van der Waals surface area (Å²) in [6.07, 6.45) is 1.98. The van der Waals surface area contributed by atoms with Gasteiger partial charge in [-0.2, -0.15) is 0 Å². The number of halogens is 1. The molecule has 0 fully saturated rings. The smallest absolute Gasteiger partial charge is 0.335 e. The molecule has 0 bridgehead atoms. The molecule has 34 heavy (non-hydrogen) atoms. The van der Waals surface area contributed by atoms with Crippen molar-refractivity contribution in [2.24, 2.45) is 0 Å². The number of aryl methyl sites for hydroxylation is 2. The van der Waals surface area contributed by atoms with Crippen LogP contribution in [-0.2, 0) is 0 Å². The van der Waals surface area contributed by atoms with Crippen molar-refractivity contribution in [1.82, 2.24) is 4.98 Å². The summed E-state index contributed by atoms with van der Waals surface area (Å²) in [7, 11) is 0. The van der Waals surface area contributed by atoms with Crippen LogP contribution in [0.2, 0.25) is 5.02 Å². The molecule has 1 heterocycles. The van der Waals surface area contributed by atoms with Crippen LogP contribution in [0.3, 0.4) is 0 Å². The molecule has 4 aromatic rings. The monoisotopic (exact) mass is 469 g/mol. The van der Waals surface area contributed by atoms with Gasteiger partial charge in [-0.25, -0.2) is 4.79 Å². The van der Waals surface area contributed by atoms with Crippen molar-refractivity contribution in [2.45, 2.75) is 26.2 Å². The van der Waals surface area contributed by atoms with Crippen molar-refractivity contribution in [1.29, 1.82) is 0 Å². The summed E-state index contributed by atoms with van der Waals surface area (Å²) in [4.78, 5) is 28.5. The largest absolute Gasteiger partial charge is 0.478 e. The zero-order valence-electron chi connectivity index (χ0n) is 19.0. The first kappa shape index (κ1) is 23.4. The van der Waals surface area contributed by atoms with Gasteiger partial charge in [-0.1, -0.05) is 54.1 Å². The number of carbonyl (C=O) groups excluding carboxylic acids is 1. The molecule has 0 saturated heterocycles. The maximum Gasteiger partial charge on any atom is 0.335 e. The quantitative estimate of drug-likeness (QED) is 0.292. The van der Waals surface area contributed by atoms with Crippen LogP contribution in [0.25, 0.3) is 11.1 Å². The third kappa shape index (κ3) is 5.24. The lowest BCUT2D eigenvalue weighted by Gasteiger charge is -2.20. The maximum atomic E-state index is 13.2. The summed E-state index contributed by atoms with van der Waals surface area (Å²) in [5, 5.41) is 9.78. The van der Waals surface area contributed by atoms with E-state index < -0.39 is 5.97 Å². The summed E-state index contributed by atoms with van der Waals surface area (Å²) in [5.74, 6) is -1.03. The van der Waals surface area contributed by atoms with Crippen LogP contribution >= 0.6 is 11.6 Å². The van der Waals surface area contributed by atoms with Gasteiger partial charge >= 0.3 is 5.97 Å². The molecule has 0 aliphatic carbocycles. The number of Topliss-reactive ketones (excluding diaryl/α,β-unsaturated/α-hetero) is 1. The van der Waals surface area contributed by atoms with Crippen molar-refractivity contribution in [3.63, 3.8) is 0 Å². The Hall–Kier alpha value is -3.76. The van der Waals surface area contributed by atoms with Crippen molar-refractivity contribution >= 4 is 23.4 Å². The predicted molar refractivity (Wildman–Crippen MR) is 135 cm³/mol. The van der Waals surface area contributed by atoms with Crippen LogP contribution in [0.1, 0.15) is 55.4 Å². The summed E-state index contributed by atoms with van der Waals surface area (Å²) < 4.78 is 0. The third-order valence-electron chi connectivity index (χ3n) is 5.99. The fourth-order valence-electron chi connectivity index (χ4n) is 4.17. The van der Waals surface area contributed by atoms with Crippen LogP contribution in [0.4, 0.5) is 0 Å². The molecule has 0 amide bonds. The van der Waals surface area contributed by atoms with Crippen LogP contribution in [0.15, 0.2) is 85.1 Å². The van der Waals surface area contributed by atoms with Crippen molar-refractivity contribution in [3.8, 4) is 11.1 Å². The van der Waals surface area contributed by atoms with E-state index in [4.69, 9.17) is 16.7 Å².